The molecule has 1 aliphatic rings. The molecule has 1 aliphatic heterocycles. The molecule has 29 heavy (non-hydrogen) atoms. The minimum atomic E-state index is -0.498. The number of non-ortho nitro benzene ring substituents is 1. The lowest BCUT2D eigenvalue weighted by atomic mass is 10.1. The largest absolute Gasteiger partial charge is 0.352 e. The van der Waals surface area contributed by atoms with Gasteiger partial charge in [0.05, 0.1) is 10.6 Å². The summed E-state index contributed by atoms with van der Waals surface area (Å²) in [5.41, 5.74) is 1.71. The monoisotopic (exact) mass is 390 g/mol. The predicted octanol–water partition coefficient (Wildman–Crippen LogP) is 2.41. The molecule has 146 valence electrons. The van der Waals surface area contributed by atoms with Crippen molar-refractivity contribution in [3.8, 4) is 11.4 Å². The maximum atomic E-state index is 12.7. The number of anilines is 1. The summed E-state index contributed by atoms with van der Waals surface area (Å²) in [6.07, 6.45) is 1.71. The van der Waals surface area contributed by atoms with E-state index in [1.165, 1.54) is 18.2 Å². The number of hydrogen-bond donors (Lipinski definition) is 0. The normalized spacial score (nSPS) is 13.9. The zero-order chi connectivity index (χ0) is 20.2. The molecular weight excluding hydrogens is 372 g/mol. The molecule has 9 heteroatoms. The van der Waals surface area contributed by atoms with Crippen molar-refractivity contribution in [2.45, 2.75) is 0 Å². The molecule has 1 amide bonds. The van der Waals surface area contributed by atoms with Crippen LogP contribution in [0.5, 0.6) is 0 Å². The smallest absolute Gasteiger partial charge is 0.270 e. The first kappa shape index (κ1) is 18.5. The number of benzene rings is 1. The van der Waals surface area contributed by atoms with Gasteiger partial charge in [0.1, 0.15) is 5.69 Å². The summed E-state index contributed by atoms with van der Waals surface area (Å²) >= 11 is 0. The van der Waals surface area contributed by atoms with E-state index < -0.39 is 4.92 Å². The van der Waals surface area contributed by atoms with Crippen molar-refractivity contribution in [1.82, 2.24) is 20.1 Å². The van der Waals surface area contributed by atoms with Gasteiger partial charge in [-0.05, 0) is 30.3 Å². The number of amides is 1. The molecule has 0 atom stereocenters. The first-order valence-corrected chi connectivity index (χ1v) is 9.15. The van der Waals surface area contributed by atoms with Gasteiger partial charge < -0.3 is 9.80 Å². The highest BCUT2D eigenvalue weighted by molar-refractivity contribution is 5.95. The summed E-state index contributed by atoms with van der Waals surface area (Å²) < 4.78 is 0. The second-order valence-electron chi connectivity index (χ2n) is 6.58. The summed E-state index contributed by atoms with van der Waals surface area (Å²) in [4.78, 5) is 31.1. The fourth-order valence-corrected chi connectivity index (χ4v) is 3.22. The summed E-state index contributed by atoms with van der Waals surface area (Å²) in [5, 5.41) is 19.5. The van der Waals surface area contributed by atoms with Crippen LogP contribution < -0.4 is 4.90 Å². The Morgan fingerprint density at radius 2 is 1.76 bits per heavy atom. The first-order chi connectivity index (χ1) is 14.1. The van der Waals surface area contributed by atoms with Crippen molar-refractivity contribution in [1.29, 1.82) is 0 Å². The van der Waals surface area contributed by atoms with Crippen LogP contribution in [0.25, 0.3) is 11.4 Å². The number of piperazine rings is 1. The van der Waals surface area contributed by atoms with Crippen LogP contribution in [0.4, 0.5) is 11.5 Å². The molecule has 0 unspecified atom stereocenters. The van der Waals surface area contributed by atoms with Crippen molar-refractivity contribution >= 4 is 17.4 Å². The van der Waals surface area contributed by atoms with Crippen LogP contribution in [0.3, 0.4) is 0 Å². The van der Waals surface area contributed by atoms with Crippen LogP contribution in [-0.4, -0.2) is 57.1 Å². The van der Waals surface area contributed by atoms with Crippen LogP contribution in [-0.2, 0) is 0 Å². The lowest BCUT2D eigenvalue weighted by Gasteiger charge is -2.35. The van der Waals surface area contributed by atoms with Crippen molar-refractivity contribution in [3.63, 3.8) is 0 Å². The van der Waals surface area contributed by atoms with E-state index in [0.717, 1.165) is 11.5 Å². The fraction of sp³-hybridized carbons (Fsp3) is 0.200. The van der Waals surface area contributed by atoms with E-state index in [2.05, 4.69) is 20.1 Å². The Kier molecular flexibility index (Phi) is 5.10. The van der Waals surface area contributed by atoms with Crippen molar-refractivity contribution in [2.75, 3.05) is 31.1 Å². The van der Waals surface area contributed by atoms with Gasteiger partial charge in [0, 0.05) is 50.1 Å². The number of carbonyl (C=O) groups is 1. The Morgan fingerprint density at radius 3 is 2.41 bits per heavy atom. The molecule has 0 N–H and O–H groups in total. The van der Waals surface area contributed by atoms with Gasteiger partial charge in [0.2, 0.25) is 0 Å². The predicted molar refractivity (Wildman–Crippen MR) is 106 cm³/mol. The average Bonchev–Trinajstić information content (AvgIpc) is 2.79. The summed E-state index contributed by atoms with van der Waals surface area (Å²) in [6.45, 7) is 2.23. The maximum Gasteiger partial charge on any atom is 0.270 e. The van der Waals surface area contributed by atoms with Crippen molar-refractivity contribution in [3.05, 3.63) is 76.5 Å². The number of nitro benzene ring substituents is 1. The minimum absolute atomic E-state index is 0.0854. The molecule has 0 spiro atoms. The van der Waals surface area contributed by atoms with Crippen molar-refractivity contribution < 1.29 is 9.72 Å². The third-order valence-electron chi connectivity index (χ3n) is 4.77. The van der Waals surface area contributed by atoms with Crippen LogP contribution in [0, 0.1) is 10.1 Å². The van der Waals surface area contributed by atoms with Crippen LogP contribution >= 0.6 is 0 Å². The molecule has 0 saturated carbocycles. The standard InChI is InChI=1S/C20H18N6O3/c27-20(15-4-3-5-16(14-15)26(28)29)25-12-10-24(11-13-25)19-8-7-18(22-23-19)17-6-1-2-9-21-17/h1-9,14H,10-13H2. The molecule has 2 aromatic heterocycles. The molecule has 1 fully saturated rings. The highest BCUT2D eigenvalue weighted by atomic mass is 16.6. The molecular formula is C20H18N6O3. The highest BCUT2D eigenvalue weighted by Gasteiger charge is 2.24. The summed E-state index contributed by atoms with van der Waals surface area (Å²) in [6, 6.07) is 15.2. The second kappa shape index (κ2) is 8.01. The van der Waals surface area contributed by atoms with E-state index >= 15 is 0 Å². The van der Waals surface area contributed by atoms with Gasteiger partial charge in [-0.25, -0.2) is 0 Å². The SMILES string of the molecule is O=C(c1cccc([N+](=O)[O-])c1)N1CCN(c2ccc(-c3ccccn3)nn2)CC1. The van der Waals surface area contributed by atoms with Crippen LogP contribution in [0.15, 0.2) is 60.8 Å². The van der Waals surface area contributed by atoms with Gasteiger partial charge in [0.25, 0.3) is 11.6 Å². The zero-order valence-electron chi connectivity index (χ0n) is 15.5. The first-order valence-electron chi connectivity index (χ1n) is 9.15. The lowest BCUT2D eigenvalue weighted by Crippen LogP contribution is -2.49. The Bertz CT molecular complexity index is 1020. The third kappa shape index (κ3) is 4.03. The highest BCUT2D eigenvalue weighted by Crippen LogP contribution is 2.19. The quantitative estimate of drug-likeness (QED) is 0.497. The Balaban J connectivity index is 1.40. The molecule has 0 bridgehead atoms. The van der Waals surface area contributed by atoms with E-state index in [-0.39, 0.29) is 11.6 Å². The fourth-order valence-electron chi connectivity index (χ4n) is 3.22. The number of aromatic nitrogens is 3. The van der Waals surface area contributed by atoms with Crippen LogP contribution in [0.1, 0.15) is 10.4 Å². The summed E-state index contributed by atoms with van der Waals surface area (Å²) in [7, 11) is 0. The van der Waals surface area contributed by atoms with Gasteiger partial charge >= 0.3 is 0 Å². The topological polar surface area (TPSA) is 105 Å². The van der Waals surface area contributed by atoms with E-state index in [0.29, 0.717) is 37.4 Å². The van der Waals surface area contributed by atoms with Crippen molar-refractivity contribution in [2.24, 2.45) is 0 Å². The van der Waals surface area contributed by atoms with E-state index in [9.17, 15) is 14.9 Å². The average molecular weight is 390 g/mol. The lowest BCUT2D eigenvalue weighted by molar-refractivity contribution is -0.384. The van der Waals surface area contributed by atoms with E-state index in [4.69, 9.17) is 0 Å². The molecule has 3 aromatic rings. The Labute approximate surface area is 166 Å². The number of nitrogens with zero attached hydrogens (tertiary/aromatic N) is 6. The van der Waals surface area contributed by atoms with E-state index in [1.807, 2.05) is 30.3 Å². The van der Waals surface area contributed by atoms with Gasteiger partial charge in [-0.15, -0.1) is 10.2 Å². The summed E-state index contributed by atoms with van der Waals surface area (Å²) in [5.74, 6) is 0.539. The molecule has 1 saturated heterocycles. The van der Waals surface area contributed by atoms with Crippen LogP contribution in [0.2, 0.25) is 0 Å². The van der Waals surface area contributed by atoms with E-state index in [1.54, 1.807) is 17.2 Å². The number of pyridine rings is 1. The number of nitro groups is 1. The molecule has 4 rings (SSSR count). The number of carbonyl (C=O) groups excluding carboxylic acids is 1. The molecule has 3 heterocycles. The Morgan fingerprint density at radius 1 is 0.931 bits per heavy atom. The Hall–Kier alpha value is -3.88. The van der Waals surface area contributed by atoms with Gasteiger partial charge in [-0.3, -0.25) is 19.9 Å². The maximum absolute atomic E-state index is 12.7. The molecule has 0 radical (unpaired) electrons. The third-order valence-corrected chi connectivity index (χ3v) is 4.77. The molecule has 1 aromatic carbocycles. The number of hydrogen-bond acceptors (Lipinski definition) is 7. The minimum Gasteiger partial charge on any atom is -0.352 e. The molecule has 9 nitrogen and oxygen atoms in total. The molecule has 0 aliphatic carbocycles. The van der Waals surface area contributed by atoms with Gasteiger partial charge in [0.15, 0.2) is 5.82 Å². The van der Waals surface area contributed by atoms with Gasteiger partial charge in [-0.2, -0.15) is 0 Å². The number of rotatable bonds is 4. The zero-order valence-corrected chi connectivity index (χ0v) is 15.5. The second-order valence-corrected chi connectivity index (χ2v) is 6.58. The van der Waals surface area contributed by atoms with Gasteiger partial charge in [-0.1, -0.05) is 12.1 Å².